The number of pyridine rings is 1. The predicted molar refractivity (Wildman–Crippen MR) is 344 cm³/mol. The summed E-state index contributed by atoms with van der Waals surface area (Å²) in [7, 11) is 0. The van der Waals surface area contributed by atoms with Gasteiger partial charge in [-0.25, -0.2) is 4.98 Å². The lowest BCUT2D eigenvalue weighted by atomic mass is 9.77. The minimum atomic E-state index is -0.495. The number of hydrogen-bond donors (Lipinski definition) is 0. The Morgan fingerprint density at radius 1 is 0.420 bits per heavy atom. The van der Waals surface area contributed by atoms with Crippen LogP contribution in [0.5, 0.6) is 11.5 Å². The van der Waals surface area contributed by atoms with Crippen molar-refractivity contribution in [3.63, 3.8) is 0 Å². The molecule has 3 heterocycles. The zero-order chi connectivity index (χ0) is 60.9. The van der Waals surface area contributed by atoms with Crippen LogP contribution in [0.2, 0.25) is 0 Å². The Hall–Kier alpha value is -8.67. The lowest BCUT2D eigenvalue weighted by Gasteiger charge is -2.32. The van der Waals surface area contributed by atoms with Crippen LogP contribution >= 0.6 is 0 Å². The molecule has 0 aliphatic carbocycles. The first kappa shape index (κ1) is 47.2. The highest BCUT2D eigenvalue weighted by molar-refractivity contribution is 6.09. The van der Waals surface area contributed by atoms with Crippen molar-refractivity contribution < 1.29 is 11.6 Å². The second-order valence-electron chi connectivity index (χ2n) is 25.8. The molecule has 12 rings (SSSR count). The number of anilines is 4. The molecule has 404 valence electrons. The van der Waals surface area contributed by atoms with Crippen LogP contribution in [-0.4, -0.2) is 16.2 Å². The van der Waals surface area contributed by atoms with E-state index >= 15 is 0 Å². The van der Waals surface area contributed by atoms with E-state index in [1.165, 1.54) is 50.1 Å². The van der Waals surface area contributed by atoms with Gasteiger partial charge >= 0.3 is 0 Å². The molecule has 0 saturated heterocycles. The Labute approximate surface area is 487 Å². The van der Waals surface area contributed by atoms with E-state index in [2.05, 4.69) is 249 Å². The molecule has 0 spiro atoms. The molecule has 81 heavy (non-hydrogen) atoms. The first-order chi connectivity index (χ1) is 40.8. The van der Waals surface area contributed by atoms with Crippen molar-refractivity contribution in [3.8, 4) is 61.8 Å². The monoisotopic (exact) mass is 1060 g/mol. The highest BCUT2D eigenvalue weighted by Gasteiger charge is 2.35. The van der Waals surface area contributed by atoms with Crippen LogP contribution in [0.4, 0.5) is 22.7 Å². The summed E-state index contributed by atoms with van der Waals surface area (Å²) in [5, 5.41) is 2.06. The van der Waals surface area contributed by atoms with Crippen LogP contribution in [0.15, 0.2) is 218 Å². The summed E-state index contributed by atoms with van der Waals surface area (Å²) in [6, 6.07) is 63.6. The molecule has 5 heteroatoms. The molecule has 5 nitrogen and oxygen atoms in total. The fourth-order valence-corrected chi connectivity index (χ4v) is 11.9. The molecule has 0 bridgehead atoms. The maximum absolute atomic E-state index is 8.88. The van der Waals surface area contributed by atoms with E-state index in [1.54, 1.807) is 6.20 Å². The highest BCUT2D eigenvalue weighted by Crippen LogP contribution is 2.53. The third-order valence-electron chi connectivity index (χ3n) is 15.9. The average molecular weight is 1060 g/mol. The molecule has 0 radical (unpaired) electrons. The van der Waals surface area contributed by atoms with Gasteiger partial charge < -0.3 is 14.5 Å². The smallest absolute Gasteiger partial charge is 0.137 e. The largest absolute Gasteiger partial charge is 0.457 e. The van der Waals surface area contributed by atoms with E-state index < -0.39 is 11.5 Å². The normalized spacial score (nSPS) is 14.0. The third kappa shape index (κ3) is 9.98. The molecule has 0 atom stereocenters. The first-order valence-corrected chi connectivity index (χ1v) is 28.3. The van der Waals surface area contributed by atoms with E-state index in [0.29, 0.717) is 29.5 Å². The van der Waals surface area contributed by atoms with Crippen molar-refractivity contribution in [2.75, 3.05) is 16.5 Å². The Morgan fingerprint density at radius 2 is 1.05 bits per heavy atom. The van der Waals surface area contributed by atoms with E-state index in [9.17, 15) is 0 Å². The lowest BCUT2D eigenvalue weighted by Crippen LogP contribution is -2.25. The van der Waals surface area contributed by atoms with Gasteiger partial charge in [0.05, 0.1) is 34.9 Å². The summed E-state index contributed by atoms with van der Waals surface area (Å²) in [6.07, 6.45) is 1.66. The number of rotatable bonds is 9. The fourth-order valence-electron chi connectivity index (χ4n) is 11.9. The van der Waals surface area contributed by atoms with Crippen LogP contribution in [0.1, 0.15) is 112 Å². The van der Waals surface area contributed by atoms with Gasteiger partial charge in [-0.05, 0) is 138 Å². The van der Waals surface area contributed by atoms with Crippen LogP contribution in [0, 0.1) is 0 Å². The topological polar surface area (TPSA) is 33.5 Å². The summed E-state index contributed by atoms with van der Waals surface area (Å²) in [6.45, 7) is 27.6. The zero-order valence-electron chi connectivity index (χ0n) is 53.8. The number of nitrogens with zero attached hydrogens (tertiary/aromatic N) is 4. The van der Waals surface area contributed by atoms with Crippen molar-refractivity contribution in [2.45, 2.75) is 105 Å². The second-order valence-corrected chi connectivity index (χ2v) is 25.8. The van der Waals surface area contributed by atoms with Crippen LogP contribution in [0.25, 0.3) is 72.1 Å². The van der Waals surface area contributed by atoms with Gasteiger partial charge in [-0.15, -0.1) is 0 Å². The molecule has 0 fully saturated rings. The minimum absolute atomic E-state index is 0.135. The van der Waals surface area contributed by atoms with E-state index in [0.717, 1.165) is 50.1 Å². The quantitative estimate of drug-likeness (QED) is 0.144. The van der Waals surface area contributed by atoms with Gasteiger partial charge in [0.25, 0.3) is 0 Å². The molecule has 0 unspecified atom stereocenters. The van der Waals surface area contributed by atoms with Crippen molar-refractivity contribution in [1.29, 1.82) is 0 Å². The van der Waals surface area contributed by atoms with Gasteiger partial charge in [-0.2, -0.15) is 0 Å². The number of ether oxygens (including phenoxy) is 1. The average Bonchev–Trinajstić information content (AvgIpc) is 1.50. The number of fused-ring (bicyclic) bond motifs is 4. The SMILES string of the molecule is [2H]c1c([2H])c([2H])c(-c2cnc(-n3c4ccccc4c4ccc(Oc5cccc(N6CN(c7c(-c8ccc(-c9ccccc9)c(C(C)(C)C)c8)cc(C(C)(C)C)cc7-c7ccccc7C(C)(C)C)c7ccccc76)c5)cc43)cc2C(C)(C)C)c([2H])c1[2H]. The Morgan fingerprint density at radius 3 is 1.78 bits per heavy atom. The standard InChI is InChI=1S/C76H74N4O/c1-73(2,3)53-43-61(52-38-40-57(50-26-15-13-16-27-50)65(42-52)75(7,8)9)72(62(44-53)58-32-19-21-34-64(58)74(4,5)6)79-49-78(68-36-23-24-37-69(68)79)54-30-25-31-55(45-54)81-56-39-41-60-59-33-20-22-35-67(59)80(70(60)46-56)71-47-66(76(10,11)12)63(48-77-71)51-28-17-14-18-29-51/h13-48H,49H2,1-12H3/i14D,17D,18D,28D,29D. The fraction of sp³-hybridized carbons (Fsp3) is 0.224. The Kier molecular flexibility index (Phi) is 11.7. The maximum Gasteiger partial charge on any atom is 0.137 e. The Bertz CT molecular complexity index is 4450. The van der Waals surface area contributed by atoms with Crippen LogP contribution in [0.3, 0.4) is 0 Å². The molecule has 11 aromatic rings. The third-order valence-corrected chi connectivity index (χ3v) is 15.9. The summed E-state index contributed by atoms with van der Waals surface area (Å²) >= 11 is 0. The molecular formula is C76H74N4O. The molecule has 0 amide bonds. The van der Waals surface area contributed by atoms with E-state index in [4.69, 9.17) is 16.6 Å². The van der Waals surface area contributed by atoms with Crippen molar-refractivity contribution in [2.24, 2.45) is 0 Å². The molecule has 2 aromatic heterocycles. The number of benzene rings is 9. The first-order valence-electron chi connectivity index (χ1n) is 30.8. The van der Waals surface area contributed by atoms with Crippen molar-refractivity contribution in [3.05, 3.63) is 241 Å². The summed E-state index contributed by atoms with van der Waals surface area (Å²) < 4.78 is 52.1. The summed E-state index contributed by atoms with van der Waals surface area (Å²) in [4.78, 5) is 9.96. The lowest BCUT2D eigenvalue weighted by molar-refractivity contribution is 0.483. The predicted octanol–water partition coefficient (Wildman–Crippen LogP) is 21.1. The molecule has 0 saturated carbocycles. The zero-order valence-corrected chi connectivity index (χ0v) is 48.8. The van der Waals surface area contributed by atoms with Crippen molar-refractivity contribution in [1.82, 2.24) is 9.55 Å². The maximum atomic E-state index is 8.88. The summed E-state index contributed by atoms with van der Waals surface area (Å²) in [5.41, 5.74) is 17.7. The molecule has 1 aliphatic rings. The number of para-hydroxylation sites is 3. The van der Waals surface area contributed by atoms with Gasteiger partial charge in [0.2, 0.25) is 0 Å². The minimum Gasteiger partial charge on any atom is -0.457 e. The molecule has 0 N–H and O–H groups in total. The van der Waals surface area contributed by atoms with E-state index in [-0.39, 0.29) is 46.0 Å². The Balaban J connectivity index is 0.975. The highest BCUT2D eigenvalue weighted by atomic mass is 16.5. The number of hydrogen-bond acceptors (Lipinski definition) is 4. The van der Waals surface area contributed by atoms with Gasteiger partial charge in [0, 0.05) is 51.5 Å². The van der Waals surface area contributed by atoms with Gasteiger partial charge in [0.1, 0.15) is 24.0 Å². The van der Waals surface area contributed by atoms with Gasteiger partial charge in [-0.1, -0.05) is 216 Å². The molecular weight excluding hydrogens is 985 g/mol. The van der Waals surface area contributed by atoms with Crippen LogP contribution in [-0.2, 0) is 21.7 Å². The van der Waals surface area contributed by atoms with Crippen molar-refractivity contribution >= 4 is 44.6 Å². The number of aromatic nitrogens is 2. The molecule has 9 aromatic carbocycles. The molecule has 1 aliphatic heterocycles. The van der Waals surface area contributed by atoms with E-state index in [1.807, 2.05) is 30.3 Å². The second kappa shape index (κ2) is 20.1. The summed E-state index contributed by atoms with van der Waals surface area (Å²) in [5.74, 6) is 1.96. The van der Waals surface area contributed by atoms with Gasteiger partial charge in [0.15, 0.2) is 0 Å². The van der Waals surface area contributed by atoms with Gasteiger partial charge in [-0.3, -0.25) is 4.57 Å². The van der Waals surface area contributed by atoms with Crippen LogP contribution < -0.4 is 14.5 Å².